The van der Waals surface area contributed by atoms with Gasteiger partial charge in [-0.3, -0.25) is 4.79 Å². The number of carbonyl (C=O) groups excluding carboxylic acids is 2. The maximum absolute atomic E-state index is 12.5. The van der Waals surface area contributed by atoms with Gasteiger partial charge in [-0.15, -0.1) is 0 Å². The van der Waals surface area contributed by atoms with Crippen LogP contribution in [0.5, 0.6) is 0 Å². The smallest absolute Gasteiger partial charge is 0.317 e. The number of carbonyl (C=O) groups is 2. The van der Waals surface area contributed by atoms with Gasteiger partial charge < -0.3 is 15.1 Å². The quantitative estimate of drug-likeness (QED) is 0.803. The first-order valence-electron chi connectivity index (χ1n) is 8.32. The van der Waals surface area contributed by atoms with Crippen LogP contribution in [0.4, 0.5) is 4.79 Å². The van der Waals surface area contributed by atoms with Crippen molar-refractivity contribution in [3.8, 4) is 0 Å². The minimum absolute atomic E-state index is 0.104. The third kappa shape index (κ3) is 2.87. The van der Waals surface area contributed by atoms with Crippen molar-refractivity contribution in [2.45, 2.75) is 64.5 Å². The Morgan fingerprint density at radius 1 is 1.19 bits per heavy atom. The summed E-state index contributed by atoms with van der Waals surface area (Å²) in [6.45, 7) is 6.25. The van der Waals surface area contributed by atoms with Gasteiger partial charge in [-0.25, -0.2) is 4.79 Å². The Morgan fingerprint density at radius 3 is 2.33 bits per heavy atom. The van der Waals surface area contributed by atoms with E-state index in [-0.39, 0.29) is 18.0 Å². The van der Waals surface area contributed by atoms with Gasteiger partial charge in [0.2, 0.25) is 5.91 Å². The lowest BCUT2D eigenvalue weighted by Crippen LogP contribution is -2.51. The summed E-state index contributed by atoms with van der Waals surface area (Å²) in [4.78, 5) is 27.7. The average Bonchev–Trinajstić information content (AvgIpc) is 2.77. The minimum atomic E-state index is 0.104. The molecule has 3 amide bonds. The molecule has 2 aliphatic heterocycles. The Kier molecular flexibility index (Phi) is 3.84. The van der Waals surface area contributed by atoms with Gasteiger partial charge in [0, 0.05) is 38.6 Å². The fourth-order valence-corrected chi connectivity index (χ4v) is 4.23. The highest BCUT2D eigenvalue weighted by Crippen LogP contribution is 2.50. The van der Waals surface area contributed by atoms with Crippen molar-refractivity contribution in [1.82, 2.24) is 15.1 Å². The molecular formula is C16H27N3O2. The van der Waals surface area contributed by atoms with Crippen LogP contribution in [-0.2, 0) is 4.79 Å². The third-order valence-corrected chi connectivity index (χ3v) is 5.71. The number of urea groups is 1. The molecule has 3 fully saturated rings. The Hall–Kier alpha value is -1.26. The molecule has 21 heavy (non-hydrogen) atoms. The van der Waals surface area contributed by atoms with Gasteiger partial charge in [0.05, 0.1) is 0 Å². The summed E-state index contributed by atoms with van der Waals surface area (Å²) in [5.74, 6) is 0.139. The lowest BCUT2D eigenvalue weighted by Gasteiger charge is -2.38. The van der Waals surface area contributed by atoms with E-state index in [2.05, 4.69) is 12.2 Å². The number of nitrogens with zero attached hydrogens (tertiary/aromatic N) is 2. The van der Waals surface area contributed by atoms with Crippen molar-refractivity contribution in [1.29, 1.82) is 0 Å². The van der Waals surface area contributed by atoms with Gasteiger partial charge in [-0.1, -0.05) is 6.42 Å². The highest BCUT2D eigenvalue weighted by atomic mass is 16.2. The minimum Gasteiger partial charge on any atom is -0.343 e. The van der Waals surface area contributed by atoms with Crippen LogP contribution in [0, 0.1) is 5.41 Å². The molecule has 3 rings (SSSR count). The molecule has 1 unspecified atom stereocenters. The molecule has 1 spiro atoms. The van der Waals surface area contributed by atoms with E-state index in [9.17, 15) is 9.59 Å². The first kappa shape index (κ1) is 14.7. The Balaban J connectivity index is 1.49. The second kappa shape index (κ2) is 5.50. The molecular weight excluding hydrogens is 266 g/mol. The summed E-state index contributed by atoms with van der Waals surface area (Å²) in [6, 6.07) is 0.688. The highest BCUT2D eigenvalue weighted by molar-refractivity contribution is 5.76. The summed E-state index contributed by atoms with van der Waals surface area (Å²) in [6.07, 6.45) is 6.82. The first-order valence-corrected chi connectivity index (χ1v) is 8.32. The van der Waals surface area contributed by atoms with Crippen LogP contribution < -0.4 is 5.32 Å². The molecule has 5 nitrogen and oxygen atoms in total. The van der Waals surface area contributed by atoms with E-state index in [1.54, 1.807) is 6.92 Å². The lowest BCUT2D eigenvalue weighted by atomic mass is 9.68. The largest absolute Gasteiger partial charge is 0.343 e. The number of likely N-dealkylation sites (tertiary alicyclic amines) is 2. The molecule has 0 bridgehead atoms. The molecule has 0 aromatic rings. The molecule has 2 saturated heterocycles. The van der Waals surface area contributed by atoms with E-state index in [4.69, 9.17) is 0 Å². The van der Waals surface area contributed by atoms with E-state index in [1.807, 2.05) is 9.80 Å². The molecule has 1 aliphatic carbocycles. The standard InChI is InChI=1S/C16H27N3O2/c1-12-10-16(6-3-7-16)11-19(12)15(21)17-14-4-8-18(9-5-14)13(2)20/h12,14H,3-11H2,1-2H3,(H,17,21). The van der Waals surface area contributed by atoms with Crippen molar-refractivity contribution < 1.29 is 9.59 Å². The number of nitrogens with one attached hydrogen (secondary N) is 1. The normalized spacial score (nSPS) is 28.6. The SMILES string of the molecule is CC(=O)N1CCC(NC(=O)N2CC3(CCC3)CC2C)CC1. The number of piperidine rings is 1. The summed E-state index contributed by atoms with van der Waals surface area (Å²) in [5.41, 5.74) is 0.439. The summed E-state index contributed by atoms with van der Waals surface area (Å²) in [7, 11) is 0. The molecule has 1 saturated carbocycles. The zero-order valence-electron chi connectivity index (χ0n) is 13.2. The molecule has 0 aromatic carbocycles. The van der Waals surface area contributed by atoms with Crippen molar-refractivity contribution >= 4 is 11.9 Å². The third-order valence-electron chi connectivity index (χ3n) is 5.71. The topological polar surface area (TPSA) is 52.7 Å². The van der Waals surface area contributed by atoms with Gasteiger partial charge in [-0.05, 0) is 44.4 Å². The number of hydrogen-bond acceptors (Lipinski definition) is 2. The van der Waals surface area contributed by atoms with Crippen molar-refractivity contribution in [2.24, 2.45) is 5.41 Å². The van der Waals surface area contributed by atoms with Gasteiger partial charge in [-0.2, -0.15) is 0 Å². The van der Waals surface area contributed by atoms with E-state index in [0.717, 1.165) is 32.5 Å². The van der Waals surface area contributed by atoms with Crippen LogP contribution >= 0.6 is 0 Å². The molecule has 118 valence electrons. The lowest BCUT2D eigenvalue weighted by molar-refractivity contribution is -0.129. The number of hydrogen-bond donors (Lipinski definition) is 1. The van der Waals surface area contributed by atoms with Crippen LogP contribution in [0.3, 0.4) is 0 Å². The second-order valence-electron chi connectivity index (χ2n) is 7.26. The van der Waals surface area contributed by atoms with Gasteiger partial charge >= 0.3 is 6.03 Å². The van der Waals surface area contributed by atoms with Gasteiger partial charge in [0.25, 0.3) is 0 Å². The Morgan fingerprint density at radius 2 is 1.86 bits per heavy atom. The first-order chi connectivity index (χ1) is 9.99. The maximum Gasteiger partial charge on any atom is 0.317 e. The Labute approximate surface area is 127 Å². The van der Waals surface area contributed by atoms with Crippen molar-refractivity contribution in [3.05, 3.63) is 0 Å². The second-order valence-corrected chi connectivity index (χ2v) is 7.26. The summed E-state index contributed by atoms with van der Waals surface area (Å²) < 4.78 is 0. The predicted octanol–water partition coefficient (Wildman–Crippen LogP) is 1.97. The fraction of sp³-hybridized carbons (Fsp3) is 0.875. The van der Waals surface area contributed by atoms with Crippen LogP contribution in [0.2, 0.25) is 0 Å². The van der Waals surface area contributed by atoms with Gasteiger partial charge in [0.15, 0.2) is 0 Å². The van der Waals surface area contributed by atoms with Crippen LogP contribution in [0.25, 0.3) is 0 Å². The van der Waals surface area contributed by atoms with Crippen LogP contribution in [0.15, 0.2) is 0 Å². The molecule has 3 aliphatic rings. The zero-order valence-corrected chi connectivity index (χ0v) is 13.2. The molecule has 1 atom stereocenters. The number of rotatable bonds is 1. The van der Waals surface area contributed by atoms with Crippen LogP contribution in [-0.4, -0.2) is 53.5 Å². The van der Waals surface area contributed by atoms with Crippen LogP contribution in [0.1, 0.15) is 52.4 Å². The van der Waals surface area contributed by atoms with Crippen molar-refractivity contribution in [2.75, 3.05) is 19.6 Å². The van der Waals surface area contributed by atoms with E-state index >= 15 is 0 Å². The fourth-order valence-electron chi connectivity index (χ4n) is 4.23. The highest BCUT2D eigenvalue weighted by Gasteiger charge is 2.47. The monoisotopic (exact) mass is 293 g/mol. The average molecular weight is 293 g/mol. The van der Waals surface area contributed by atoms with E-state index in [1.165, 1.54) is 25.7 Å². The van der Waals surface area contributed by atoms with Crippen molar-refractivity contribution in [3.63, 3.8) is 0 Å². The predicted molar refractivity (Wildman–Crippen MR) is 80.9 cm³/mol. The van der Waals surface area contributed by atoms with Gasteiger partial charge in [0.1, 0.15) is 0 Å². The molecule has 0 radical (unpaired) electrons. The maximum atomic E-state index is 12.5. The number of amides is 3. The zero-order chi connectivity index (χ0) is 15.0. The van der Waals surface area contributed by atoms with E-state index < -0.39 is 0 Å². The summed E-state index contributed by atoms with van der Waals surface area (Å²) >= 11 is 0. The molecule has 1 N–H and O–H groups in total. The van der Waals surface area contributed by atoms with E-state index in [0.29, 0.717) is 11.5 Å². The molecule has 5 heteroatoms. The Bertz CT molecular complexity index is 425. The molecule has 0 aromatic heterocycles. The summed E-state index contributed by atoms with van der Waals surface area (Å²) in [5, 5.41) is 3.19. The molecule has 2 heterocycles.